The first kappa shape index (κ1) is 21.4. The van der Waals surface area contributed by atoms with Gasteiger partial charge in [0.1, 0.15) is 5.75 Å². The number of fused-ring (bicyclic) bond motifs is 1. The summed E-state index contributed by atoms with van der Waals surface area (Å²) in [7, 11) is -3.28. The Morgan fingerprint density at radius 3 is 2.52 bits per heavy atom. The maximum Gasteiger partial charge on any atom is 0.267 e. The van der Waals surface area contributed by atoms with Crippen LogP contribution in [-0.4, -0.2) is 33.2 Å². The van der Waals surface area contributed by atoms with Crippen molar-refractivity contribution < 1.29 is 17.9 Å². The molecule has 0 saturated carbocycles. The molecule has 1 amide bonds. The fraction of sp³-hybridized carbons (Fsp3) is 0.435. The average molecular weight is 416 g/mol. The van der Waals surface area contributed by atoms with Gasteiger partial charge in [0, 0.05) is 18.5 Å². The number of hydrogen-bond acceptors (Lipinski definition) is 4. The standard InChI is InChI=1S/C23H29NO4S/c1-16(28-19-10-6-9-18(15-19)23(2,3)4)22(25)24-13-7-8-17-14-20(29(5,26)27)11-12-21(17)24/h6,9-12,14-16H,7-8,13H2,1-5H3. The van der Waals surface area contributed by atoms with Crippen LogP contribution in [0.15, 0.2) is 47.4 Å². The third-order valence-corrected chi connectivity index (χ3v) is 6.33. The van der Waals surface area contributed by atoms with Gasteiger partial charge in [-0.05, 0) is 66.6 Å². The normalized spacial score (nSPS) is 15.6. The number of carbonyl (C=O) groups excluding carboxylic acids is 1. The van der Waals surface area contributed by atoms with E-state index in [0.29, 0.717) is 12.3 Å². The van der Waals surface area contributed by atoms with Gasteiger partial charge in [-0.2, -0.15) is 0 Å². The molecule has 1 unspecified atom stereocenters. The van der Waals surface area contributed by atoms with E-state index in [0.717, 1.165) is 29.7 Å². The van der Waals surface area contributed by atoms with Crippen LogP contribution in [-0.2, 0) is 26.5 Å². The molecule has 2 aromatic rings. The monoisotopic (exact) mass is 415 g/mol. The maximum atomic E-state index is 13.1. The second-order valence-corrected chi connectivity index (χ2v) is 10.7. The first-order valence-electron chi connectivity index (χ1n) is 9.88. The highest BCUT2D eigenvalue weighted by atomic mass is 32.2. The Labute approximate surface area is 173 Å². The van der Waals surface area contributed by atoms with Gasteiger partial charge in [-0.25, -0.2) is 8.42 Å². The van der Waals surface area contributed by atoms with E-state index < -0.39 is 15.9 Å². The molecule has 0 fully saturated rings. The summed E-state index contributed by atoms with van der Waals surface area (Å²) in [5.74, 6) is 0.544. The SMILES string of the molecule is CC(Oc1cccc(C(C)(C)C)c1)C(=O)N1CCCc2cc(S(C)(=O)=O)ccc21. The van der Waals surface area contributed by atoms with Gasteiger partial charge in [0.2, 0.25) is 0 Å². The molecule has 6 heteroatoms. The van der Waals surface area contributed by atoms with E-state index >= 15 is 0 Å². The molecule has 0 radical (unpaired) electrons. The van der Waals surface area contributed by atoms with Crippen molar-refractivity contribution in [1.29, 1.82) is 0 Å². The first-order valence-corrected chi connectivity index (χ1v) is 11.8. The lowest BCUT2D eigenvalue weighted by Gasteiger charge is -2.32. The predicted molar refractivity (Wildman–Crippen MR) is 115 cm³/mol. The van der Waals surface area contributed by atoms with Crippen LogP contribution in [0.3, 0.4) is 0 Å². The molecule has 0 aliphatic carbocycles. The number of benzene rings is 2. The van der Waals surface area contributed by atoms with E-state index in [1.165, 1.54) is 6.26 Å². The average Bonchev–Trinajstić information content (AvgIpc) is 2.65. The number of sulfone groups is 1. The summed E-state index contributed by atoms with van der Waals surface area (Å²) in [6, 6.07) is 12.8. The van der Waals surface area contributed by atoms with Gasteiger partial charge in [0.15, 0.2) is 15.9 Å². The molecule has 0 N–H and O–H groups in total. The summed E-state index contributed by atoms with van der Waals surface area (Å²) in [6.07, 6.45) is 2.09. The van der Waals surface area contributed by atoms with E-state index in [2.05, 4.69) is 26.8 Å². The number of carbonyl (C=O) groups is 1. The van der Waals surface area contributed by atoms with Gasteiger partial charge in [0.05, 0.1) is 4.90 Å². The lowest BCUT2D eigenvalue weighted by molar-refractivity contribution is -0.124. The molecular formula is C23H29NO4S. The van der Waals surface area contributed by atoms with Gasteiger partial charge in [-0.1, -0.05) is 32.9 Å². The highest BCUT2D eigenvalue weighted by Gasteiger charge is 2.28. The Hall–Kier alpha value is -2.34. The summed E-state index contributed by atoms with van der Waals surface area (Å²) < 4.78 is 29.7. The van der Waals surface area contributed by atoms with Crippen LogP contribution < -0.4 is 9.64 Å². The summed E-state index contributed by atoms with van der Waals surface area (Å²) in [5, 5.41) is 0. The highest BCUT2D eigenvalue weighted by molar-refractivity contribution is 7.90. The maximum absolute atomic E-state index is 13.1. The zero-order valence-electron chi connectivity index (χ0n) is 17.7. The third-order valence-electron chi connectivity index (χ3n) is 5.22. The summed E-state index contributed by atoms with van der Waals surface area (Å²) in [6.45, 7) is 8.76. The molecule has 156 valence electrons. The summed E-state index contributed by atoms with van der Waals surface area (Å²) in [4.78, 5) is 15.1. The van der Waals surface area contributed by atoms with E-state index in [9.17, 15) is 13.2 Å². The van der Waals surface area contributed by atoms with E-state index in [4.69, 9.17) is 4.74 Å². The third kappa shape index (κ3) is 4.81. The van der Waals surface area contributed by atoms with Crippen molar-refractivity contribution in [3.05, 3.63) is 53.6 Å². The van der Waals surface area contributed by atoms with Gasteiger partial charge in [-0.3, -0.25) is 4.79 Å². The number of anilines is 1. The molecule has 0 saturated heterocycles. The Morgan fingerprint density at radius 1 is 1.14 bits per heavy atom. The van der Waals surface area contributed by atoms with Crippen molar-refractivity contribution in [2.24, 2.45) is 0 Å². The molecule has 0 spiro atoms. The topological polar surface area (TPSA) is 63.7 Å². The number of amides is 1. The molecular weight excluding hydrogens is 386 g/mol. The fourth-order valence-electron chi connectivity index (χ4n) is 3.54. The highest BCUT2D eigenvalue weighted by Crippen LogP contribution is 2.31. The molecule has 5 nitrogen and oxygen atoms in total. The molecule has 2 aromatic carbocycles. The van der Waals surface area contributed by atoms with Crippen molar-refractivity contribution in [2.45, 2.75) is 57.0 Å². The quantitative estimate of drug-likeness (QED) is 0.753. The van der Waals surface area contributed by atoms with Crippen LogP contribution >= 0.6 is 0 Å². The predicted octanol–water partition coefficient (Wildman–Crippen LogP) is 4.13. The van der Waals surface area contributed by atoms with Gasteiger partial charge >= 0.3 is 0 Å². The van der Waals surface area contributed by atoms with Crippen molar-refractivity contribution in [1.82, 2.24) is 0 Å². The largest absolute Gasteiger partial charge is 0.481 e. The Kier molecular flexibility index (Phi) is 5.77. The molecule has 0 bridgehead atoms. The Morgan fingerprint density at radius 2 is 1.86 bits per heavy atom. The minimum absolute atomic E-state index is 0.00422. The minimum Gasteiger partial charge on any atom is -0.481 e. The van der Waals surface area contributed by atoms with Gasteiger partial charge < -0.3 is 9.64 Å². The number of rotatable bonds is 4. The molecule has 3 rings (SSSR count). The number of ether oxygens (including phenoxy) is 1. The molecule has 29 heavy (non-hydrogen) atoms. The van der Waals surface area contributed by atoms with Crippen molar-refractivity contribution in [3.8, 4) is 5.75 Å². The lowest BCUT2D eigenvalue weighted by Crippen LogP contribution is -2.43. The lowest BCUT2D eigenvalue weighted by atomic mass is 9.87. The number of nitrogens with zero attached hydrogens (tertiary/aromatic N) is 1. The van der Waals surface area contributed by atoms with Crippen LogP contribution in [0.2, 0.25) is 0 Å². The molecule has 1 heterocycles. The molecule has 1 aliphatic rings. The van der Waals surface area contributed by atoms with Crippen LogP contribution in [0.1, 0.15) is 45.2 Å². The van der Waals surface area contributed by atoms with E-state index in [-0.39, 0.29) is 16.2 Å². The number of aryl methyl sites for hydroxylation is 1. The molecule has 0 aromatic heterocycles. The van der Waals surface area contributed by atoms with Crippen molar-refractivity contribution in [3.63, 3.8) is 0 Å². The fourth-order valence-corrected chi connectivity index (χ4v) is 4.21. The second kappa shape index (κ2) is 7.82. The molecule has 1 atom stereocenters. The zero-order valence-corrected chi connectivity index (χ0v) is 18.5. The number of hydrogen-bond donors (Lipinski definition) is 0. The van der Waals surface area contributed by atoms with Gasteiger partial charge in [-0.15, -0.1) is 0 Å². The van der Waals surface area contributed by atoms with Crippen LogP contribution in [0, 0.1) is 0 Å². The zero-order chi connectivity index (χ0) is 21.4. The van der Waals surface area contributed by atoms with Crippen LogP contribution in [0.25, 0.3) is 0 Å². The van der Waals surface area contributed by atoms with Crippen molar-refractivity contribution in [2.75, 3.05) is 17.7 Å². The summed E-state index contributed by atoms with van der Waals surface area (Å²) in [5.41, 5.74) is 2.80. The Balaban J connectivity index is 1.81. The van der Waals surface area contributed by atoms with Gasteiger partial charge in [0.25, 0.3) is 5.91 Å². The molecule has 1 aliphatic heterocycles. The first-order chi connectivity index (χ1) is 13.5. The minimum atomic E-state index is -3.28. The van der Waals surface area contributed by atoms with Crippen LogP contribution in [0.5, 0.6) is 5.75 Å². The Bertz CT molecular complexity index is 1020. The smallest absolute Gasteiger partial charge is 0.267 e. The van der Waals surface area contributed by atoms with E-state index in [1.54, 1.807) is 30.0 Å². The van der Waals surface area contributed by atoms with Crippen LogP contribution in [0.4, 0.5) is 5.69 Å². The second-order valence-electron chi connectivity index (χ2n) is 8.69. The van der Waals surface area contributed by atoms with Crippen molar-refractivity contribution >= 4 is 21.4 Å². The van der Waals surface area contributed by atoms with E-state index in [1.807, 2.05) is 18.2 Å². The summed E-state index contributed by atoms with van der Waals surface area (Å²) >= 11 is 0.